The van der Waals surface area contributed by atoms with Crippen LogP contribution in [-0.2, 0) is 4.79 Å². The van der Waals surface area contributed by atoms with E-state index in [0.717, 1.165) is 36.8 Å². The van der Waals surface area contributed by atoms with Crippen molar-refractivity contribution in [2.45, 2.75) is 38.5 Å². The van der Waals surface area contributed by atoms with E-state index in [0.29, 0.717) is 17.0 Å². The molecule has 1 N–H and O–H groups in total. The maximum absolute atomic E-state index is 11.4. The summed E-state index contributed by atoms with van der Waals surface area (Å²) in [5.41, 5.74) is 2.56. The van der Waals surface area contributed by atoms with Gasteiger partial charge in [0.1, 0.15) is 0 Å². The van der Waals surface area contributed by atoms with Crippen molar-refractivity contribution >= 4 is 23.1 Å². The molecule has 3 heteroatoms. The Labute approximate surface area is 112 Å². The summed E-state index contributed by atoms with van der Waals surface area (Å²) in [5.74, 6) is -0.776. The topological polar surface area (TPSA) is 37.3 Å². The summed E-state index contributed by atoms with van der Waals surface area (Å²) in [6.45, 7) is 0. The summed E-state index contributed by atoms with van der Waals surface area (Å²) >= 11 is 5.88. The van der Waals surface area contributed by atoms with Gasteiger partial charge < -0.3 is 5.11 Å². The standard InChI is InChI=1S/C15H17ClO2/c16-12-9-7-11(8-10-12)13-5-3-1-2-4-6-14(13)15(17)18/h7-10H,1-6H2,(H,17,18). The van der Waals surface area contributed by atoms with Gasteiger partial charge in [-0.3, -0.25) is 0 Å². The van der Waals surface area contributed by atoms with E-state index >= 15 is 0 Å². The number of allylic oxidation sites excluding steroid dienone is 1. The monoisotopic (exact) mass is 264 g/mol. The first-order valence-electron chi connectivity index (χ1n) is 6.40. The smallest absolute Gasteiger partial charge is 0.331 e. The van der Waals surface area contributed by atoms with E-state index in [1.165, 1.54) is 6.42 Å². The zero-order chi connectivity index (χ0) is 13.0. The quantitative estimate of drug-likeness (QED) is 0.852. The zero-order valence-corrected chi connectivity index (χ0v) is 11.0. The first-order valence-corrected chi connectivity index (χ1v) is 6.77. The summed E-state index contributed by atoms with van der Waals surface area (Å²) in [6, 6.07) is 7.48. The van der Waals surface area contributed by atoms with Gasteiger partial charge in [0.25, 0.3) is 0 Å². The second-order valence-corrected chi connectivity index (χ2v) is 5.12. The number of benzene rings is 1. The highest BCUT2D eigenvalue weighted by Gasteiger charge is 2.17. The molecule has 1 aliphatic rings. The van der Waals surface area contributed by atoms with Crippen molar-refractivity contribution in [1.82, 2.24) is 0 Å². The first-order chi connectivity index (χ1) is 8.68. The summed E-state index contributed by atoms with van der Waals surface area (Å²) in [5, 5.41) is 10.0. The molecule has 0 amide bonds. The third-order valence-corrected chi connectivity index (χ3v) is 3.67. The van der Waals surface area contributed by atoms with Crippen molar-refractivity contribution in [1.29, 1.82) is 0 Å². The SMILES string of the molecule is O=C(O)C1=C(c2ccc(Cl)cc2)CCCCCC1. The fourth-order valence-electron chi connectivity index (χ4n) is 2.46. The second-order valence-electron chi connectivity index (χ2n) is 4.68. The molecular formula is C15H17ClO2. The zero-order valence-electron chi connectivity index (χ0n) is 10.3. The predicted molar refractivity (Wildman–Crippen MR) is 73.7 cm³/mol. The summed E-state index contributed by atoms with van der Waals surface area (Å²) < 4.78 is 0. The fourth-order valence-corrected chi connectivity index (χ4v) is 2.59. The number of hydrogen-bond donors (Lipinski definition) is 1. The van der Waals surface area contributed by atoms with Gasteiger partial charge in [0.2, 0.25) is 0 Å². The minimum Gasteiger partial charge on any atom is -0.478 e. The molecule has 0 saturated carbocycles. The van der Waals surface area contributed by atoms with Gasteiger partial charge >= 0.3 is 5.97 Å². The van der Waals surface area contributed by atoms with Crippen molar-refractivity contribution in [3.05, 3.63) is 40.4 Å². The van der Waals surface area contributed by atoms with Crippen molar-refractivity contribution in [2.75, 3.05) is 0 Å². The molecule has 1 aromatic carbocycles. The molecule has 0 aromatic heterocycles. The third kappa shape index (κ3) is 3.14. The molecular weight excluding hydrogens is 248 g/mol. The van der Waals surface area contributed by atoms with E-state index in [-0.39, 0.29) is 0 Å². The molecule has 0 atom stereocenters. The third-order valence-electron chi connectivity index (χ3n) is 3.42. The maximum atomic E-state index is 11.4. The van der Waals surface area contributed by atoms with Crippen LogP contribution in [0.3, 0.4) is 0 Å². The highest BCUT2D eigenvalue weighted by molar-refractivity contribution is 6.30. The number of hydrogen-bond acceptors (Lipinski definition) is 1. The van der Waals surface area contributed by atoms with Crippen molar-refractivity contribution in [3.8, 4) is 0 Å². The Bertz CT molecular complexity index is 460. The Hall–Kier alpha value is -1.28. The lowest BCUT2D eigenvalue weighted by molar-refractivity contribution is -0.132. The van der Waals surface area contributed by atoms with E-state index in [1.807, 2.05) is 24.3 Å². The molecule has 2 nitrogen and oxygen atoms in total. The Morgan fingerprint density at radius 3 is 2.22 bits per heavy atom. The van der Waals surface area contributed by atoms with Crippen LogP contribution in [0.1, 0.15) is 44.1 Å². The van der Waals surface area contributed by atoms with Crippen LogP contribution in [0.5, 0.6) is 0 Å². The molecule has 0 spiro atoms. The lowest BCUT2D eigenvalue weighted by atomic mass is 9.89. The van der Waals surface area contributed by atoms with Crippen LogP contribution in [0.2, 0.25) is 5.02 Å². The fraction of sp³-hybridized carbons (Fsp3) is 0.400. The average Bonchev–Trinajstić information content (AvgIpc) is 2.30. The van der Waals surface area contributed by atoms with Gasteiger partial charge in [0.05, 0.1) is 0 Å². The molecule has 0 aliphatic heterocycles. The van der Waals surface area contributed by atoms with Gasteiger partial charge in [-0.2, -0.15) is 0 Å². The van der Waals surface area contributed by atoms with Crippen LogP contribution in [0.25, 0.3) is 5.57 Å². The molecule has 0 unspecified atom stereocenters. The molecule has 0 radical (unpaired) electrons. The number of carboxylic acids is 1. The molecule has 18 heavy (non-hydrogen) atoms. The largest absolute Gasteiger partial charge is 0.478 e. The highest BCUT2D eigenvalue weighted by atomic mass is 35.5. The highest BCUT2D eigenvalue weighted by Crippen LogP contribution is 2.31. The minimum atomic E-state index is -0.776. The molecule has 1 aromatic rings. The van der Waals surface area contributed by atoms with Gasteiger partial charge in [-0.15, -0.1) is 0 Å². The van der Waals surface area contributed by atoms with E-state index in [2.05, 4.69) is 0 Å². The van der Waals surface area contributed by atoms with Gasteiger partial charge in [-0.05, 0) is 49.0 Å². The van der Waals surface area contributed by atoms with E-state index in [9.17, 15) is 9.90 Å². The molecule has 0 heterocycles. The normalized spacial score (nSPS) is 17.2. The first kappa shape index (κ1) is 13.2. The molecule has 0 saturated heterocycles. The van der Waals surface area contributed by atoms with Crippen molar-refractivity contribution < 1.29 is 9.90 Å². The van der Waals surface area contributed by atoms with Crippen LogP contribution in [0.4, 0.5) is 0 Å². The Morgan fingerprint density at radius 1 is 1.00 bits per heavy atom. The average molecular weight is 265 g/mol. The lowest BCUT2D eigenvalue weighted by Gasteiger charge is -2.16. The van der Waals surface area contributed by atoms with Crippen LogP contribution in [0.15, 0.2) is 29.8 Å². The van der Waals surface area contributed by atoms with Crippen LogP contribution >= 0.6 is 11.6 Å². The molecule has 1 aliphatic carbocycles. The lowest BCUT2D eigenvalue weighted by Crippen LogP contribution is -2.06. The molecule has 0 bridgehead atoms. The number of carboxylic acid groups (broad SMARTS) is 1. The van der Waals surface area contributed by atoms with Gasteiger partial charge in [0.15, 0.2) is 0 Å². The minimum absolute atomic E-state index is 0.581. The van der Waals surface area contributed by atoms with Crippen LogP contribution in [0, 0.1) is 0 Å². The number of carbonyl (C=O) groups is 1. The number of halogens is 1. The van der Waals surface area contributed by atoms with E-state index in [1.54, 1.807) is 0 Å². The number of rotatable bonds is 2. The van der Waals surface area contributed by atoms with E-state index < -0.39 is 5.97 Å². The molecule has 2 rings (SSSR count). The van der Waals surface area contributed by atoms with Crippen LogP contribution < -0.4 is 0 Å². The Kier molecular flexibility index (Phi) is 4.43. The van der Waals surface area contributed by atoms with Gasteiger partial charge in [0, 0.05) is 10.6 Å². The Morgan fingerprint density at radius 2 is 1.61 bits per heavy atom. The van der Waals surface area contributed by atoms with Crippen LogP contribution in [-0.4, -0.2) is 11.1 Å². The van der Waals surface area contributed by atoms with Gasteiger partial charge in [-0.25, -0.2) is 4.79 Å². The van der Waals surface area contributed by atoms with E-state index in [4.69, 9.17) is 11.6 Å². The second kappa shape index (κ2) is 6.05. The van der Waals surface area contributed by atoms with Crippen molar-refractivity contribution in [2.24, 2.45) is 0 Å². The summed E-state index contributed by atoms with van der Waals surface area (Å²) in [7, 11) is 0. The Balaban J connectivity index is 2.41. The summed E-state index contributed by atoms with van der Waals surface area (Å²) in [4.78, 5) is 11.4. The summed E-state index contributed by atoms with van der Waals surface area (Å²) in [6.07, 6.45) is 5.87. The van der Waals surface area contributed by atoms with Gasteiger partial charge in [-0.1, -0.05) is 36.6 Å². The van der Waals surface area contributed by atoms with Crippen molar-refractivity contribution in [3.63, 3.8) is 0 Å². The number of aliphatic carboxylic acids is 1. The molecule has 0 fully saturated rings. The predicted octanol–water partition coefficient (Wildman–Crippen LogP) is 4.53. The molecule has 96 valence electrons. The maximum Gasteiger partial charge on any atom is 0.331 e.